The van der Waals surface area contributed by atoms with Gasteiger partial charge in [-0.25, -0.2) is 4.98 Å². The van der Waals surface area contributed by atoms with E-state index in [1.165, 1.54) is 10.6 Å². The van der Waals surface area contributed by atoms with E-state index in [9.17, 15) is 18.0 Å². The van der Waals surface area contributed by atoms with Crippen molar-refractivity contribution < 1.29 is 13.2 Å². The Morgan fingerprint density at radius 2 is 1.70 bits per heavy atom. The highest BCUT2D eigenvalue weighted by atomic mass is 35.5. The van der Waals surface area contributed by atoms with Gasteiger partial charge in [0.2, 0.25) is 0 Å². The summed E-state index contributed by atoms with van der Waals surface area (Å²) in [6.07, 6.45) is -3.37. The van der Waals surface area contributed by atoms with Crippen molar-refractivity contribution in [2.75, 3.05) is 19.0 Å². The molecule has 1 heterocycles. The first kappa shape index (κ1) is 19.7. The van der Waals surface area contributed by atoms with E-state index in [1.807, 2.05) is 0 Å². The highest BCUT2D eigenvalue weighted by Gasteiger charge is 2.42. The largest absolute Gasteiger partial charge is 0.391 e. The van der Waals surface area contributed by atoms with Crippen molar-refractivity contribution in [3.8, 4) is 5.69 Å². The van der Waals surface area contributed by atoms with Crippen molar-refractivity contribution in [3.05, 3.63) is 51.5 Å². The Morgan fingerprint density at radius 3 is 2.22 bits per heavy atom. The molecule has 146 valence electrons. The Labute approximate surface area is 160 Å². The van der Waals surface area contributed by atoms with E-state index < -0.39 is 12.1 Å². The summed E-state index contributed by atoms with van der Waals surface area (Å²) in [5.41, 5.74) is 0.346. The molecule has 4 nitrogen and oxygen atoms in total. The lowest BCUT2D eigenvalue weighted by molar-refractivity contribution is -0.182. The minimum atomic E-state index is -4.17. The van der Waals surface area contributed by atoms with Gasteiger partial charge in [-0.15, -0.1) is 0 Å². The van der Waals surface area contributed by atoms with Crippen LogP contribution in [-0.2, 0) is 0 Å². The first-order chi connectivity index (χ1) is 12.7. The second-order valence-corrected chi connectivity index (χ2v) is 7.54. The summed E-state index contributed by atoms with van der Waals surface area (Å²) >= 11 is 5.94. The van der Waals surface area contributed by atoms with Gasteiger partial charge < -0.3 is 4.90 Å². The Bertz CT molecular complexity index is 854. The fourth-order valence-electron chi connectivity index (χ4n) is 3.52. The van der Waals surface area contributed by atoms with Gasteiger partial charge in [-0.1, -0.05) is 11.6 Å². The van der Waals surface area contributed by atoms with Crippen LogP contribution in [0.25, 0.3) is 5.69 Å². The third-order valence-electron chi connectivity index (χ3n) is 5.03. The second kappa shape index (κ2) is 7.54. The van der Waals surface area contributed by atoms with E-state index in [0.717, 1.165) is 0 Å². The average Bonchev–Trinajstić information content (AvgIpc) is 2.61. The molecule has 1 fully saturated rings. The number of benzene rings is 1. The van der Waals surface area contributed by atoms with Crippen LogP contribution in [0, 0.1) is 5.92 Å². The summed E-state index contributed by atoms with van der Waals surface area (Å²) in [5.74, 6) is -0.472. The van der Waals surface area contributed by atoms with Crippen LogP contribution < -0.4 is 10.5 Å². The molecule has 1 aliphatic carbocycles. The molecule has 0 saturated heterocycles. The first-order valence-electron chi connectivity index (χ1n) is 8.81. The van der Waals surface area contributed by atoms with E-state index in [2.05, 4.69) is 4.98 Å². The van der Waals surface area contributed by atoms with Gasteiger partial charge >= 0.3 is 6.18 Å². The maximum atomic E-state index is 13.0. The molecule has 0 N–H and O–H groups in total. The van der Waals surface area contributed by atoms with Crippen LogP contribution >= 0.6 is 11.6 Å². The molecule has 0 atom stereocenters. The number of nitrogens with zero attached hydrogens (tertiary/aromatic N) is 3. The fourth-order valence-corrected chi connectivity index (χ4v) is 3.65. The number of halogens is 4. The van der Waals surface area contributed by atoms with Crippen molar-refractivity contribution >= 4 is 17.4 Å². The van der Waals surface area contributed by atoms with Crippen molar-refractivity contribution in [2.24, 2.45) is 5.92 Å². The van der Waals surface area contributed by atoms with Gasteiger partial charge in [0.25, 0.3) is 5.56 Å². The van der Waals surface area contributed by atoms with Crippen molar-refractivity contribution in [2.45, 2.75) is 37.8 Å². The van der Waals surface area contributed by atoms with Crippen molar-refractivity contribution in [3.63, 3.8) is 0 Å². The van der Waals surface area contributed by atoms with E-state index >= 15 is 0 Å². The Hall–Kier alpha value is -2.02. The normalized spacial score (nSPS) is 20.5. The SMILES string of the molecule is CN(C)c1cc(=O)n(-c2ccc(Cl)cc2)c(C2CCC(C(F)(F)F)CC2)n1. The average molecular weight is 400 g/mol. The molecule has 1 saturated carbocycles. The second-order valence-electron chi connectivity index (χ2n) is 7.11. The molecular weight excluding hydrogens is 379 g/mol. The molecule has 8 heteroatoms. The van der Waals surface area contributed by atoms with Crippen molar-refractivity contribution in [1.82, 2.24) is 9.55 Å². The minimum Gasteiger partial charge on any atom is -0.363 e. The van der Waals surface area contributed by atoms with Gasteiger partial charge in [-0.3, -0.25) is 9.36 Å². The number of rotatable bonds is 3. The smallest absolute Gasteiger partial charge is 0.363 e. The molecule has 3 rings (SSSR count). The zero-order chi connectivity index (χ0) is 19.8. The quantitative estimate of drug-likeness (QED) is 0.745. The predicted molar refractivity (Wildman–Crippen MR) is 99.9 cm³/mol. The molecule has 0 radical (unpaired) electrons. The highest BCUT2D eigenvalue weighted by Crippen LogP contribution is 2.42. The van der Waals surface area contributed by atoms with E-state index in [0.29, 0.717) is 35.2 Å². The fraction of sp³-hybridized carbons (Fsp3) is 0.474. The van der Waals surface area contributed by atoms with Crippen molar-refractivity contribution in [1.29, 1.82) is 0 Å². The monoisotopic (exact) mass is 399 g/mol. The van der Waals surface area contributed by atoms with Crippen LogP contribution in [0.5, 0.6) is 0 Å². The van der Waals surface area contributed by atoms with Crippen LogP contribution in [0.4, 0.5) is 19.0 Å². The zero-order valence-corrected chi connectivity index (χ0v) is 15.9. The molecule has 0 bridgehead atoms. The summed E-state index contributed by atoms with van der Waals surface area (Å²) in [4.78, 5) is 19.1. The lowest BCUT2D eigenvalue weighted by Crippen LogP contribution is -2.31. The standard InChI is InChI=1S/C19H21ClF3N3O/c1-25(2)16-11-17(27)26(15-9-7-14(20)8-10-15)18(24-16)12-3-5-13(6-4-12)19(21,22)23/h7-13H,3-6H2,1-2H3. The molecule has 0 spiro atoms. The van der Waals surface area contributed by atoms with Crippen LogP contribution in [0.2, 0.25) is 5.02 Å². The van der Waals surface area contributed by atoms with Gasteiger partial charge in [0, 0.05) is 31.1 Å². The lowest BCUT2D eigenvalue weighted by atomic mass is 9.81. The number of anilines is 1. The summed E-state index contributed by atoms with van der Waals surface area (Å²) in [6, 6.07) is 8.21. The lowest BCUT2D eigenvalue weighted by Gasteiger charge is -2.31. The van der Waals surface area contributed by atoms with E-state index in [4.69, 9.17) is 11.6 Å². The zero-order valence-electron chi connectivity index (χ0n) is 15.1. The van der Waals surface area contributed by atoms with Gasteiger partial charge in [0.15, 0.2) is 0 Å². The van der Waals surface area contributed by atoms with E-state index in [-0.39, 0.29) is 24.3 Å². The third kappa shape index (κ3) is 4.29. The predicted octanol–water partition coefficient (Wildman–Crippen LogP) is 4.79. The molecule has 27 heavy (non-hydrogen) atoms. The van der Waals surface area contributed by atoms with Crippen LogP contribution in [0.15, 0.2) is 35.1 Å². The molecule has 0 aliphatic heterocycles. The first-order valence-corrected chi connectivity index (χ1v) is 9.18. The van der Waals surface area contributed by atoms with Crippen LogP contribution in [0.1, 0.15) is 37.4 Å². The summed E-state index contributed by atoms with van der Waals surface area (Å²) in [5, 5.41) is 0.539. The topological polar surface area (TPSA) is 38.1 Å². The highest BCUT2D eigenvalue weighted by molar-refractivity contribution is 6.30. The molecule has 1 aromatic heterocycles. The number of alkyl halides is 3. The maximum absolute atomic E-state index is 13.0. The maximum Gasteiger partial charge on any atom is 0.391 e. The summed E-state index contributed by atoms with van der Waals surface area (Å²) in [6.45, 7) is 0. The minimum absolute atomic E-state index is 0.0524. The Balaban J connectivity index is 2.02. The van der Waals surface area contributed by atoms with Crippen LogP contribution in [-0.4, -0.2) is 29.8 Å². The van der Waals surface area contributed by atoms with Gasteiger partial charge in [0.05, 0.1) is 11.6 Å². The van der Waals surface area contributed by atoms with Gasteiger partial charge in [0.1, 0.15) is 11.6 Å². The van der Waals surface area contributed by atoms with E-state index in [1.54, 1.807) is 43.3 Å². The molecule has 2 aromatic rings. The Morgan fingerprint density at radius 1 is 1.11 bits per heavy atom. The van der Waals surface area contributed by atoms with Gasteiger partial charge in [-0.2, -0.15) is 13.2 Å². The number of hydrogen-bond donors (Lipinski definition) is 0. The molecule has 0 amide bonds. The molecule has 1 aromatic carbocycles. The Kier molecular flexibility index (Phi) is 5.51. The van der Waals surface area contributed by atoms with Gasteiger partial charge in [-0.05, 0) is 49.9 Å². The third-order valence-corrected chi connectivity index (χ3v) is 5.28. The summed E-state index contributed by atoms with van der Waals surface area (Å²) < 4.78 is 40.5. The molecule has 0 unspecified atom stereocenters. The molecular formula is C19H21ClF3N3O. The number of hydrogen-bond acceptors (Lipinski definition) is 3. The molecule has 1 aliphatic rings. The van der Waals surface area contributed by atoms with Crippen LogP contribution in [0.3, 0.4) is 0 Å². The summed E-state index contributed by atoms with van der Waals surface area (Å²) in [7, 11) is 3.55. The number of aromatic nitrogens is 2.